The van der Waals surface area contributed by atoms with Gasteiger partial charge in [-0.05, 0) is 124 Å². The van der Waals surface area contributed by atoms with Crippen molar-refractivity contribution in [3.05, 3.63) is 133 Å². The second kappa shape index (κ2) is 13.3. The van der Waals surface area contributed by atoms with Gasteiger partial charge in [-0.25, -0.2) is 5.43 Å². The number of hydrogen-bond acceptors (Lipinski definition) is 5. The summed E-state index contributed by atoms with van der Waals surface area (Å²) in [7, 11) is 0. The molecule has 5 aromatic rings. The zero-order valence-corrected chi connectivity index (χ0v) is 26.5. The first-order valence-corrected chi connectivity index (χ1v) is 14.8. The molecule has 0 aliphatic carbocycles. The number of aromatic nitrogens is 1. The number of furan rings is 1. The van der Waals surface area contributed by atoms with Gasteiger partial charge in [-0.1, -0.05) is 29.8 Å². The van der Waals surface area contributed by atoms with Gasteiger partial charge in [0.25, 0.3) is 0 Å². The maximum Gasteiger partial charge on any atom is 0.307 e. The highest BCUT2D eigenvalue weighted by molar-refractivity contribution is 9.11. The van der Waals surface area contributed by atoms with Gasteiger partial charge in [0.15, 0.2) is 5.76 Å². The van der Waals surface area contributed by atoms with Crippen LogP contribution in [0.3, 0.4) is 0 Å². The van der Waals surface area contributed by atoms with E-state index in [4.69, 9.17) is 13.9 Å². The van der Waals surface area contributed by atoms with Crippen molar-refractivity contribution < 1.29 is 18.7 Å². The Bertz CT molecular complexity index is 1680. The lowest BCUT2D eigenvalue weighted by Gasteiger charge is -2.11. The maximum atomic E-state index is 12.6. The molecule has 0 atom stereocenters. The topological polar surface area (TPSA) is 78.0 Å². The van der Waals surface area contributed by atoms with Gasteiger partial charge >= 0.3 is 5.91 Å². The highest BCUT2D eigenvalue weighted by atomic mass is 79.9. The number of hydrogen-bond donors (Lipinski definition) is 1. The van der Waals surface area contributed by atoms with E-state index in [1.165, 1.54) is 17.0 Å². The second-order valence-electron chi connectivity index (χ2n) is 9.79. The summed E-state index contributed by atoms with van der Waals surface area (Å²) in [5.41, 5.74) is 8.96. The number of carbonyl (C=O) groups is 1. The van der Waals surface area contributed by atoms with Crippen LogP contribution in [0.5, 0.6) is 11.5 Å². The predicted molar refractivity (Wildman–Crippen MR) is 171 cm³/mol. The number of ether oxygens (including phenoxy) is 2. The van der Waals surface area contributed by atoms with E-state index in [-0.39, 0.29) is 12.4 Å². The number of hydrazone groups is 1. The van der Waals surface area contributed by atoms with Gasteiger partial charge in [0.1, 0.15) is 30.5 Å². The molecule has 0 fully saturated rings. The Hall–Kier alpha value is -4.08. The number of carbonyl (C=O) groups excluding carboxylic acids is 1. The Balaban J connectivity index is 1.12. The first-order chi connectivity index (χ1) is 20.3. The van der Waals surface area contributed by atoms with Gasteiger partial charge in [-0.2, -0.15) is 5.10 Å². The quantitative estimate of drug-likeness (QED) is 0.118. The van der Waals surface area contributed by atoms with E-state index in [0.717, 1.165) is 25.8 Å². The van der Waals surface area contributed by atoms with Crippen LogP contribution in [-0.4, -0.2) is 16.7 Å². The molecule has 2 heterocycles. The standard InChI is InChI=1S/C33H29Br2N3O4/c1-21-4-8-24(9-5-21)19-41-32-29(34)16-25(17-30(32)35)18-36-37-33(39)31-15-14-28(42-31)20-40-27-12-10-26(11-13-27)38-22(2)6-7-23(38)3/h4-18H,19-20H2,1-3H3,(H,37,39)/b36-18+. The summed E-state index contributed by atoms with van der Waals surface area (Å²) in [4.78, 5) is 12.6. The van der Waals surface area contributed by atoms with Crippen LogP contribution < -0.4 is 14.9 Å². The zero-order valence-electron chi connectivity index (χ0n) is 23.4. The van der Waals surface area contributed by atoms with Gasteiger partial charge in [0.05, 0.1) is 15.2 Å². The van der Waals surface area contributed by atoms with Crippen LogP contribution in [0.1, 0.15) is 44.4 Å². The zero-order chi connectivity index (χ0) is 29.6. The molecule has 7 nitrogen and oxygen atoms in total. The molecule has 214 valence electrons. The molecular formula is C33H29Br2N3O4. The van der Waals surface area contributed by atoms with Crippen molar-refractivity contribution in [1.29, 1.82) is 0 Å². The van der Waals surface area contributed by atoms with Crippen LogP contribution in [0.4, 0.5) is 0 Å². The van der Waals surface area contributed by atoms with E-state index >= 15 is 0 Å². The van der Waals surface area contributed by atoms with E-state index in [1.807, 2.05) is 48.5 Å². The molecule has 0 aliphatic rings. The fraction of sp³-hybridized carbons (Fsp3) is 0.152. The monoisotopic (exact) mass is 689 g/mol. The van der Waals surface area contributed by atoms with Crippen molar-refractivity contribution in [2.75, 3.05) is 0 Å². The molecule has 0 aliphatic heterocycles. The fourth-order valence-electron chi connectivity index (χ4n) is 4.35. The SMILES string of the molecule is Cc1ccc(COc2c(Br)cc(/C=N/NC(=O)c3ccc(COc4ccc(-n5c(C)ccc5C)cc4)o3)cc2Br)cc1. The van der Waals surface area contributed by atoms with Crippen molar-refractivity contribution in [3.63, 3.8) is 0 Å². The lowest BCUT2D eigenvalue weighted by molar-refractivity contribution is 0.0923. The Kier molecular flexibility index (Phi) is 9.29. The third-order valence-corrected chi connectivity index (χ3v) is 7.71. The lowest BCUT2D eigenvalue weighted by atomic mass is 10.2. The van der Waals surface area contributed by atoms with Gasteiger partial charge in [0, 0.05) is 17.1 Å². The molecule has 0 unspecified atom stereocenters. The Morgan fingerprint density at radius 1 is 0.857 bits per heavy atom. The van der Waals surface area contributed by atoms with Gasteiger partial charge < -0.3 is 18.5 Å². The van der Waals surface area contributed by atoms with Crippen molar-refractivity contribution in [2.45, 2.75) is 34.0 Å². The summed E-state index contributed by atoms with van der Waals surface area (Å²) in [6, 6.07) is 27.3. The highest BCUT2D eigenvalue weighted by Gasteiger charge is 2.12. The molecule has 42 heavy (non-hydrogen) atoms. The molecule has 2 aromatic heterocycles. The van der Waals surface area contributed by atoms with Crippen LogP contribution in [0.25, 0.3) is 5.69 Å². The number of nitrogens with one attached hydrogen (secondary N) is 1. The van der Waals surface area contributed by atoms with Crippen LogP contribution in [0.15, 0.2) is 103 Å². The Labute approximate surface area is 261 Å². The van der Waals surface area contributed by atoms with Gasteiger partial charge in [-0.15, -0.1) is 0 Å². The summed E-state index contributed by atoms with van der Waals surface area (Å²) in [5, 5.41) is 4.08. The van der Waals surface area contributed by atoms with Crippen LogP contribution in [0, 0.1) is 20.8 Å². The number of amides is 1. The fourth-order valence-corrected chi connectivity index (χ4v) is 5.80. The third-order valence-electron chi connectivity index (χ3n) is 6.54. The van der Waals surface area contributed by atoms with Crippen molar-refractivity contribution in [3.8, 4) is 17.2 Å². The number of halogens is 2. The molecule has 9 heteroatoms. The molecule has 0 saturated heterocycles. The normalized spacial score (nSPS) is 11.2. The average Bonchev–Trinajstić information content (AvgIpc) is 3.59. The summed E-state index contributed by atoms with van der Waals surface area (Å²) in [6.07, 6.45) is 1.55. The molecule has 1 amide bonds. The van der Waals surface area contributed by atoms with Crippen molar-refractivity contribution in [2.24, 2.45) is 5.10 Å². The Morgan fingerprint density at radius 2 is 1.52 bits per heavy atom. The molecule has 0 radical (unpaired) electrons. The highest BCUT2D eigenvalue weighted by Crippen LogP contribution is 2.35. The summed E-state index contributed by atoms with van der Waals surface area (Å²) >= 11 is 7.12. The molecule has 0 saturated carbocycles. The first-order valence-electron chi connectivity index (χ1n) is 13.2. The number of benzene rings is 3. The predicted octanol–water partition coefficient (Wildman–Crippen LogP) is 8.44. The largest absolute Gasteiger partial charge is 0.487 e. The van der Waals surface area contributed by atoms with E-state index in [0.29, 0.717) is 23.9 Å². The molecule has 0 bridgehead atoms. The van der Waals surface area contributed by atoms with Crippen molar-refractivity contribution >= 4 is 44.0 Å². The molecule has 5 rings (SSSR count). The first kappa shape index (κ1) is 29.4. The smallest absolute Gasteiger partial charge is 0.307 e. The third kappa shape index (κ3) is 7.21. The lowest BCUT2D eigenvalue weighted by Crippen LogP contribution is -2.16. The molecule has 0 spiro atoms. The van der Waals surface area contributed by atoms with Gasteiger partial charge in [0.2, 0.25) is 0 Å². The van der Waals surface area contributed by atoms with E-state index in [2.05, 4.69) is 92.0 Å². The van der Waals surface area contributed by atoms with E-state index < -0.39 is 5.91 Å². The number of aryl methyl sites for hydroxylation is 3. The Morgan fingerprint density at radius 3 is 2.19 bits per heavy atom. The summed E-state index contributed by atoms with van der Waals surface area (Å²) in [5.74, 6) is 1.60. The summed E-state index contributed by atoms with van der Waals surface area (Å²) in [6.45, 7) is 6.84. The maximum absolute atomic E-state index is 12.6. The van der Waals surface area contributed by atoms with Gasteiger partial charge in [-0.3, -0.25) is 4.79 Å². The average molecular weight is 691 g/mol. The molecule has 3 aromatic carbocycles. The van der Waals surface area contributed by atoms with Crippen LogP contribution in [0.2, 0.25) is 0 Å². The number of nitrogens with zero attached hydrogens (tertiary/aromatic N) is 2. The van der Waals surface area contributed by atoms with Crippen molar-refractivity contribution in [1.82, 2.24) is 9.99 Å². The molecular weight excluding hydrogens is 662 g/mol. The van der Waals surface area contributed by atoms with Crippen LogP contribution >= 0.6 is 31.9 Å². The minimum atomic E-state index is -0.463. The van der Waals surface area contributed by atoms with Crippen LogP contribution in [-0.2, 0) is 13.2 Å². The summed E-state index contributed by atoms with van der Waals surface area (Å²) < 4.78 is 21.2. The molecule has 1 N–H and O–H groups in total. The van der Waals surface area contributed by atoms with E-state index in [9.17, 15) is 4.79 Å². The second-order valence-corrected chi connectivity index (χ2v) is 11.5. The minimum absolute atomic E-state index is 0.141. The van der Waals surface area contributed by atoms with E-state index in [1.54, 1.807) is 18.3 Å². The number of rotatable bonds is 10. The minimum Gasteiger partial charge on any atom is -0.487 e.